The summed E-state index contributed by atoms with van der Waals surface area (Å²) in [5.74, 6) is 1.71. The van der Waals surface area contributed by atoms with Crippen LogP contribution in [0.25, 0.3) is 10.9 Å². The van der Waals surface area contributed by atoms with Gasteiger partial charge in [0.2, 0.25) is 0 Å². The molecule has 30 heavy (non-hydrogen) atoms. The first-order chi connectivity index (χ1) is 14.7. The van der Waals surface area contributed by atoms with Gasteiger partial charge in [-0.1, -0.05) is 35.9 Å². The molecule has 7 heteroatoms. The predicted molar refractivity (Wildman–Crippen MR) is 124 cm³/mol. The molecule has 1 atom stereocenters. The summed E-state index contributed by atoms with van der Waals surface area (Å²) in [4.78, 5) is 16.0. The maximum Gasteiger partial charge on any atom is 0.191 e. The predicted octanol–water partition coefficient (Wildman–Crippen LogP) is 3.66. The second kappa shape index (κ2) is 9.76. The molecule has 1 unspecified atom stereocenters. The van der Waals surface area contributed by atoms with E-state index in [2.05, 4.69) is 56.7 Å². The number of anilines is 1. The van der Waals surface area contributed by atoms with E-state index in [0.717, 1.165) is 49.8 Å². The summed E-state index contributed by atoms with van der Waals surface area (Å²) in [5, 5.41) is 8.80. The van der Waals surface area contributed by atoms with Crippen molar-refractivity contribution in [2.24, 2.45) is 4.99 Å². The van der Waals surface area contributed by atoms with Gasteiger partial charge in [0.1, 0.15) is 5.82 Å². The third-order valence-corrected chi connectivity index (χ3v) is 5.57. The van der Waals surface area contributed by atoms with Crippen LogP contribution in [0.4, 0.5) is 5.82 Å². The smallest absolute Gasteiger partial charge is 0.191 e. The van der Waals surface area contributed by atoms with Crippen LogP contribution in [0.5, 0.6) is 0 Å². The Labute approximate surface area is 182 Å². The Morgan fingerprint density at radius 1 is 1.17 bits per heavy atom. The van der Waals surface area contributed by atoms with E-state index in [-0.39, 0.29) is 0 Å². The standard InChI is InChI=1S/C23H27ClN6/c1-2-25-23(28-14-10-18-7-3-6-17-8-4-12-26-21(17)18)29-19-11-15-30(16-19)22-20(24)9-5-13-27-22/h3-9,12-13,19H,2,10-11,14-16H2,1H3,(H2,25,28,29). The van der Waals surface area contributed by atoms with Crippen molar-refractivity contribution in [3.05, 3.63) is 65.4 Å². The summed E-state index contributed by atoms with van der Waals surface area (Å²) in [6.45, 7) is 5.39. The van der Waals surface area contributed by atoms with Crippen molar-refractivity contribution in [3.63, 3.8) is 0 Å². The Hall–Kier alpha value is -2.86. The van der Waals surface area contributed by atoms with Gasteiger partial charge in [0, 0.05) is 50.0 Å². The monoisotopic (exact) mass is 422 g/mol. The molecule has 0 radical (unpaired) electrons. The molecule has 0 bridgehead atoms. The van der Waals surface area contributed by atoms with Gasteiger partial charge in [-0.25, -0.2) is 4.98 Å². The van der Waals surface area contributed by atoms with Gasteiger partial charge in [0.05, 0.1) is 10.5 Å². The fraction of sp³-hybridized carbons (Fsp3) is 0.348. The molecule has 0 amide bonds. The van der Waals surface area contributed by atoms with Gasteiger partial charge < -0.3 is 15.5 Å². The molecule has 1 aliphatic heterocycles. The molecule has 1 saturated heterocycles. The molecular weight excluding hydrogens is 396 g/mol. The van der Waals surface area contributed by atoms with Crippen LogP contribution >= 0.6 is 11.6 Å². The van der Waals surface area contributed by atoms with Crippen molar-refractivity contribution >= 4 is 34.3 Å². The zero-order valence-electron chi connectivity index (χ0n) is 17.2. The van der Waals surface area contributed by atoms with E-state index in [0.29, 0.717) is 17.6 Å². The van der Waals surface area contributed by atoms with E-state index in [1.54, 1.807) is 6.20 Å². The molecule has 3 aromatic rings. The summed E-state index contributed by atoms with van der Waals surface area (Å²) in [6, 6.07) is 14.4. The lowest BCUT2D eigenvalue weighted by Crippen LogP contribution is -2.44. The van der Waals surface area contributed by atoms with Gasteiger partial charge >= 0.3 is 0 Å². The Morgan fingerprint density at radius 2 is 2.00 bits per heavy atom. The number of nitrogens with zero attached hydrogens (tertiary/aromatic N) is 4. The lowest BCUT2D eigenvalue weighted by atomic mass is 10.1. The van der Waals surface area contributed by atoms with E-state index in [1.807, 2.05) is 24.4 Å². The molecule has 0 saturated carbocycles. The number of rotatable bonds is 6. The number of hydrogen-bond acceptors (Lipinski definition) is 4. The van der Waals surface area contributed by atoms with Crippen molar-refractivity contribution in [2.75, 3.05) is 31.1 Å². The van der Waals surface area contributed by atoms with E-state index in [9.17, 15) is 0 Å². The van der Waals surface area contributed by atoms with Gasteiger partial charge in [0.25, 0.3) is 0 Å². The van der Waals surface area contributed by atoms with Gasteiger partial charge in [-0.3, -0.25) is 9.98 Å². The fourth-order valence-corrected chi connectivity index (χ4v) is 4.09. The second-order valence-corrected chi connectivity index (χ2v) is 7.79. The molecule has 0 spiro atoms. The number of guanidine groups is 1. The van der Waals surface area contributed by atoms with Crippen molar-refractivity contribution in [2.45, 2.75) is 25.8 Å². The molecule has 2 N–H and O–H groups in total. The number of aromatic nitrogens is 2. The minimum Gasteiger partial charge on any atom is -0.357 e. The fourth-order valence-electron chi connectivity index (χ4n) is 3.85. The largest absolute Gasteiger partial charge is 0.357 e. The SMILES string of the molecule is CCNC(=NCCc1cccc2cccnc12)NC1CCN(c2ncccc2Cl)C1. The Morgan fingerprint density at radius 3 is 2.87 bits per heavy atom. The molecule has 1 fully saturated rings. The average Bonchev–Trinajstić information content (AvgIpc) is 3.22. The first kappa shape index (κ1) is 20.4. The van der Waals surface area contributed by atoms with Gasteiger partial charge in [-0.2, -0.15) is 0 Å². The highest BCUT2D eigenvalue weighted by Crippen LogP contribution is 2.25. The lowest BCUT2D eigenvalue weighted by Gasteiger charge is -2.20. The summed E-state index contributed by atoms with van der Waals surface area (Å²) in [6.07, 6.45) is 5.51. The van der Waals surface area contributed by atoms with Gasteiger partial charge in [-0.05, 0) is 43.5 Å². The molecule has 1 aromatic carbocycles. The van der Waals surface area contributed by atoms with E-state index < -0.39 is 0 Å². The third-order valence-electron chi connectivity index (χ3n) is 5.28. The van der Waals surface area contributed by atoms with Crippen molar-refractivity contribution in [3.8, 4) is 0 Å². The lowest BCUT2D eigenvalue weighted by molar-refractivity contribution is 0.648. The van der Waals surface area contributed by atoms with Gasteiger partial charge in [0.15, 0.2) is 5.96 Å². The summed E-state index contributed by atoms with van der Waals surface area (Å²) >= 11 is 6.31. The maximum absolute atomic E-state index is 6.31. The first-order valence-electron chi connectivity index (χ1n) is 10.5. The second-order valence-electron chi connectivity index (χ2n) is 7.39. The van der Waals surface area contributed by atoms with Crippen LogP contribution < -0.4 is 15.5 Å². The molecular formula is C23H27ClN6. The quantitative estimate of drug-likeness (QED) is 0.468. The molecule has 4 rings (SSSR count). The van der Waals surface area contributed by atoms with Gasteiger partial charge in [-0.15, -0.1) is 0 Å². The Kier molecular flexibility index (Phi) is 6.64. The molecule has 156 valence electrons. The number of fused-ring (bicyclic) bond motifs is 1. The highest BCUT2D eigenvalue weighted by atomic mass is 35.5. The van der Waals surface area contributed by atoms with Crippen molar-refractivity contribution < 1.29 is 0 Å². The molecule has 3 heterocycles. The molecule has 6 nitrogen and oxygen atoms in total. The topological polar surface area (TPSA) is 65.4 Å². The minimum atomic E-state index is 0.306. The number of nitrogens with one attached hydrogen (secondary N) is 2. The maximum atomic E-state index is 6.31. The van der Waals surface area contributed by atoms with Crippen molar-refractivity contribution in [1.29, 1.82) is 0 Å². The molecule has 1 aliphatic rings. The van der Waals surface area contributed by atoms with E-state index in [4.69, 9.17) is 16.6 Å². The van der Waals surface area contributed by atoms with Crippen LogP contribution in [-0.4, -0.2) is 48.1 Å². The number of aliphatic imine (C=N–C) groups is 1. The van der Waals surface area contributed by atoms with Crippen LogP contribution in [0, 0.1) is 0 Å². The number of halogens is 1. The van der Waals surface area contributed by atoms with E-state index in [1.165, 1.54) is 10.9 Å². The summed E-state index contributed by atoms with van der Waals surface area (Å²) in [5.41, 5.74) is 2.29. The third kappa shape index (κ3) is 4.82. The zero-order chi connectivity index (χ0) is 20.8. The number of benzene rings is 1. The average molecular weight is 423 g/mol. The number of para-hydroxylation sites is 1. The van der Waals surface area contributed by atoms with Crippen LogP contribution in [-0.2, 0) is 6.42 Å². The first-order valence-corrected chi connectivity index (χ1v) is 10.9. The Balaban J connectivity index is 1.38. The summed E-state index contributed by atoms with van der Waals surface area (Å²) < 4.78 is 0. The highest BCUT2D eigenvalue weighted by Gasteiger charge is 2.25. The zero-order valence-corrected chi connectivity index (χ0v) is 17.9. The van der Waals surface area contributed by atoms with E-state index >= 15 is 0 Å². The minimum absolute atomic E-state index is 0.306. The highest BCUT2D eigenvalue weighted by molar-refractivity contribution is 6.32. The van der Waals surface area contributed by atoms with Crippen LogP contribution in [0.2, 0.25) is 5.02 Å². The normalized spacial score (nSPS) is 16.8. The van der Waals surface area contributed by atoms with Crippen LogP contribution in [0.15, 0.2) is 59.9 Å². The molecule has 2 aromatic heterocycles. The van der Waals surface area contributed by atoms with Crippen molar-refractivity contribution in [1.82, 2.24) is 20.6 Å². The number of pyridine rings is 2. The Bertz CT molecular complexity index is 1020. The van der Waals surface area contributed by atoms with Crippen LogP contribution in [0.1, 0.15) is 18.9 Å². The van der Waals surface area contributed by atoms with Crippen LogP contribution in [0.3, 0.4) is 0 Å². The number of hydrogen-bond donors (Lipinski definition) is 2. The summed E-state index contributed by atoms with van der Waals surface area (Å²) in [7, 11) is 0. The molecule has 0 aliphatic carbocycles.